The molecule has 0 bridgehead atoms. The normalized spacial score (nSPS) is 12.9. The highest BCUT2D eigenvalue weighted by Crippen LogP contribution is 2.27. The first-order valence-electron chi connectivity index (χ1n) is 6.73. The van der Waals surface area contributed by atoms with Crippen molar-refractivity contribution in [2.45, 2.75) is 64.3 Å². The Morgan fingerprint density at radius 1 is 1.18 bits per heavy atom. The van der Waals surface area contributed by atoms with E-state index >= 15 is 0 Å². The largest absolute Gasteiger partial charge is 0.323 e. The van der Waals surface area contributed by atoms with E-state index in [4.69, 9.17) is 5.73 Å². The second kappa shape index (κ2) is 9.12. The van der Waals surface area contributed by atoms with Gasteiger partial charge in [0.15, 0.2) is 0 Å². The van der Waals surface area contributed by atoms with Gasteiger partial charge in [-0.1, -0.05) is 51.9 Å². The molecule has 1 rings (SSSR count). The molecule has 0 fully saturated rings. The minimum atomic E-state index is 0.238. The molecule has 0 aliphatic heterocycles. The summed E-state index contributed by atoms with van der Waals surface area (Å²) in [6, 6.07) is 2.39. The highest BCUT2D eigenvalue weighted by Gasteiger charge is 2.07. The molecule has 0 aliphatic rings. The SMILES string of the molecule is CCCCCCCCCC(N)c1cc(Br)cs1. The monoisotopic (exact) mass is 317 g/mol. The molecular weight excluding hydrogens is 294 g/mol. The van der Waals surface area contributed by atoms with Crippen LogP contribution in [0.2, 0.25) is 0 Å². The Bertz CT molecular complexity index is 298. The molecule has 0 saturated carbocycles. The van der Waals surface area contributed by atoms with Crippen LogP contribution in [0.3, 0.4) is 0 Å². The minimum absolute atomic E-state index is 0.238. The lowest BCUT2D eigenvalue weighted by Gasteiger charge is -2.08. The Morgan fingerprint density at radius 2 is 1.82 bits per heavy atom. The predicted molar refractivity (Wildman–Crippen MR) is 81.6 cm³/mol. The van der Waals surface area contributed by atoms with Crippen LogP contribution in [-0.4, -0.2) is 0 Å². The summed E-state index contributed by atoms with van der Waals surface area (Å²) in [7, 11) is 0. The lowest BCUT2D eigenvalue weighted by molar-refractivity contribution is 0.544. The summed E-state index contributed by atoms with van der Waals surface area (Å²) in [4.78, 5) is 1.31. The fourth-order valence-electron chi connectivity index (χ4n) is 1.99. The Balaban J connectivity index is 2.03. The van der Waals surface area contributed by atoms with E-state index in [0.717, 1.165) is 10.9 Å². The predicted octanol–water partition coefficient (Wildman–Crippen LogP) is 5.65. The van der Waals surface area contributed by atoms with Gasteiger partial charge in [-0.15, -0.1) is 11.3 Å². The summed E-state index contributed by atoms with van der Waals surface area (Å²) in [5, 5.41) is 2.11. The molecule has 1 aromatic heterocycles. The van der Waals surface area contributed by atoms with E-state index in [9.17, 15) is 0 Å². The Kier molecular flexibility index (Phi) is 8.15. The topological polar surface area (TPSA) is 26.0 Å². The first-order chi connectivity index (χ1) is 8.24. The van der Waals surface area contributed by atoms with Crippen LogP contribution in [-0.2, 0) is 0 Å². The van der Waals surface area contributed by atoms with Crippen molar-refractivity contribution in [3.05, 3.63) is 20.8 Å². The zero-order valence-corrected chi connectivity index (χ0v) is 13.2. The number of hydrogen-bond donors (Lipinski definition) is 1. The van der Waals surface area contributed by atoms with E-state index in [1.807, 2.05) is 0 Å². The van der Waals surface area contributed by atoms with Crippen LogP contribution in [0, 0.1) is 0 Å². The minimum Gasteiger partial charge on any atom is -0.323 e. The maximum absolute atomic E-state index is 6.16. The lowest BCUT2D eigenvalue weighted by atomic mass is 10.0. The molecule has 1 nitrogen and oxygen atoms in total. The van der Waals surface area contributed by atoms with Gasteiger partial charge < -0.3 is 5.73 Å². The molecule has 98 valence electrons. The van der Waals surface area contributed by atoms with E-state index in [1.54, 1.807) is 11.3 Å². The first-order valence-corrected chi connectivity index (χ1v) is 8.40. The standard InChI is InChI=1S/C14H24BrNS/c1-2-3-4-5-6-7-8-9-13(16)14-10-12(15)11-17-14/h10-11,13H,2-9,16H2,1H3. The molecule has 0 aromatic carbocycles. The van der Waals surface area contributed by atoms with Crippen LogP contribution in [0.25, 0.3) is 0 Å². The van der Waals surface area contributed by atoms with Crippen LogP contribution in [0.5, 0.6) is 0 Å². The Labute approximate surface area is 118 Å². The van der Waals surface area contributed by atoms with E-state index < -0.39 is 0 Å². The third-order valence-electron chi connectivity index (χ3n) is 3.07. The average Bonchev–Trinajstić information content (AvgIpc) is 2.74. The number of thiophene rings is 1. The maximum Gasteiger partial charge on any atom is 0.0390 e. The van der Waals surface area contributed by atoms with Gasteiger partial charge in [-0.25, -0.2) is 0 Å². The van der Waals surface area contributed by atoms with Crippen molar-refractivity contribution >= 4 is 27.3 Å². The van der Waals surface area contributed by atoms with Crippen molar-refractivity contribution in [2.75, 3.05) is 0 Å². The van der Waals surface area contributed by atoms with Gasteiger partial charge in [0.2, 0.25) is 0 Å². The van der Waals surface area contributed by atoms with Gasteiger partial charge in [-0.05, 0) is 28.4 Å². The number of hydrogen-bond acceptors (Lipinski definition) is 2. The van der Waals surface area contributed by atoms with Crippen molar-refractivity contribution in [1.82, 2.24) is 0 Å². The Hall–Kier alpha value is 0.140. The highest BCUT2D eigenvalue weighted by molar-refractivity contribution is 9.10. The zero-order valence-electron chi connectivity index (χ0n) is 10.8. The number of nitrogens with two attached hydrogens (primary N) is 1. The fraction of sp³-hybridized carbons (Fsp3) is 0.714. The number of halogens is 1. The zero-order chi connectivity index (χ0) is 12.5. The molecule has 1 unspecified atom stereocenters. The van der Waals surface area contributed by atoms with Gasteiger partial charge in [0.05, 0.1) is 0 Å². The second-order valence-electron chi connectivity index (χ2n) is 4.68. The van der Waals surface area contributed by atoms with Crippen LogP contribution in [0.4, 0.5) is 0 Å². The molecule has 2 N–H and O–H groups in total. The summed E-state index contributed by atoms with van der Waals surface area (Å²) >= 11 is 5.23. The fourth-order valence-corrected chi connectivity index (χ4v) is 3.47. The first kappa shape index (κ1) is 15.2. The maximum atomic E-state index is 6.16. The van der Waals surface area contributed by atoms with Crippen molar-refractivity contribution < 1.29 is 0 Å². The van der Waals surface area contributed by atoms with Crippen molar-refractivity contribution in [2.24, 2.45) is 5.73 Å². The summed E-state index contributed by atoms with van der Waals surface area (Å²) in [6.07, 6.45) is 10.6. The molecule has 0 amide bonds. The van der Waals surface area contributed by atoms with Gasteiger partial charge in [-0.3, -0.25) is 0 Å². The molecule has 0 radical (unpaired) electrons. The van der Waals surface area contributed by atoms with Crippen LogP contribution in [0.1, 0.15) is 69.2 Å². The number of rotatable bonds is 9. The van der Waals surface area contributed by atoms with Crippen molar-refractivity contribution in [3.8, 4) is 0 Å². The van der Waals surface area contributed by atoms with Crippen molar-refractivity contribution in [1.29, 1.82) is 0 Å². The average molecular weight is 318 g/mol. The second-order valence-corrected chi connectivity index (χ2v) is 6.54. The van der Waals surface area contributed by atoms with Crippen LogP contribution in [0.15, 0.2) is 15.9 Å². The van der Waals surface area contributed by atoms with E-state index in [0.29, 0.717) is 0 Å². The molecule has 3 heteroatoms. The molecule has 1 atom stereocenters. The van der Waals surface area contributed by atoms with Crippen LogP contribution < -0.4 is 5.73 Å². The summed E-state index contributed by atoms with van der Waals surface area (Å²) in [6.45, 7) is 2.26. The third kappa shape index (κ3) is 6.58. The lowest BCUT2D eigenvalue weighted by Crippen LogP contribution is -2.08. The van der Waals surface area contributed by atoms with E-state index in [2.05, 4.69) is 34.3 Å². The van der Waals surface area contributed by atoms with Gasteiger partial charge in [0.1, 0.15) is 0 Å². The summed E-state index contributed by atoms with van der Waals surface area (Å²) in [5.41, 5.74) is 6.16. The molecule has 1 heterocycles. The third-order valence-corrected chi connectivity index (χ3v) is 4.90. The summed E-state index contributed by atoms with van der Waals surface area (Å²) < 4.78 is 1.16. The smallest absolute Gasteiger partial charge is 0.0390 e. The van der Waals surface area contributed by atoms with Gasteiger partial charge in [0, 0.05) is 20.8 Å². The Morgan fingerprint density at radius 3 is 2.41 bits per heavy atom. The molecule has 17 heavy (non-hydrogen) atoms. The van der Waals surface area contributed by atoms with E-state index in [1.165, 1.54) is 49.8 Å². The quantitative estimate of drug-likeness (QED) is 0.585. The molecule has 0 saturated heterocycles. The molecule has 1 aromatic rings. The van der Waals surface area contributed by atoms with Gasteiger partial charge in [0.25, 0.3) is 0 Å². The number of unbranched alkanes of at least 4 members (excludes halogenated alkanes) is 6. The molecule has 0 spiro atoms. The molecule has 0 aliphatic carbocycles. The van der Waals surface area contributed by atoms with E-state index in [-0.39, 0.29) is 6.04 Å². The highest BCUT2D eigenvalue weighted by atomic mass is 79.9. The van der Waals surface area contributed by atoms with Gasteiger partial charge >= 0.3 is 0 Å². The summed E-state index contributed by atoms with van der Waals surface area (Å²) in [5.74, 6) is 0. The van der Waals surface area contributed by atoms with Gasteiger partial charge in [-0.2, -0.15) is 0 Å². The van der Waals surface area contributed by atoms with Crippen molar-refractivity contribution in [3.63, 3.8) is 0 Å². The molecular formula is C14H24BrNS. The van der Waals surface area contributed by atoms with Crippen LogP contribution >= 0.6 is 27.3 Å².